The first-order chi connectivity index (χ1) is 6.20. The van der Waals surface area contributed by atoms with Gasteiger partial charge in [0.15, 0.2) is 5.78 Å². The van der Waals surface area contributed by atoms with E-state index in [0.717, 1.165) is 6.08 Å². The highest BCUT2D eigenvalue weighted by atomic mass is 19.3. The number of benzene rings is 1. The molecular weight excluding hydrogens is 174 g/mol. The summed E-state index contributed by atoms with van der Waals surface area (Å²) < 4.78 is 23.3. The molecule has 1 nitrogen and oxygen atoms in total. The van der Waals surface area contributed by atoms with Crippen LogP contribution in [0.4, 0.5) is 8.78 Å². The Kier molecular flexibility index (Phi) is 3.31. The molecule has 68 valence electrons. The summed E-state index contributed by atoms with van der Waals surface area (Å²) in [5.74, 6) is -0.402. The number of carbonyl (C=O) groups is 1. The van der Waals surface area contributed by atoms with Crippen LogP contribution >= 0.6 is 0 Å². The van der Waals surface area contributed by atoms with Crippen molar-refractivity contribution in [3.63, 3.8) is 0 Å². The van der Waals surface area contributed by atoms with E-state index in [1.54, 1.807) is 30.3 Å². The monoisotopic (exact) mass is 182 g/mol. The van der Waals surface area contributed by atoms with E-state index in [1.807, 2.05) is 0 Å². The van der Waals surface area contributed by atoms with Crippen LogP contribution in [0.15, 0.2) is 42.5 Å². The number of carbonyl (C=O) groups excluding carboxylic acids is 1. The number of allylic oxidation sites excluding steroid dienone is 2. The Bertz CT molecular complexity index is 304. The van der Waals surface area contributed by atoms with E-state index in [1.165, 1.54) is 0 Å². The first kappa shape index (κ1) is 9.58. The quantitative estimate of drug-likeness (QED) is 0.518. The van der Waals surface area contributed by atoms with Crippen LogP contribution in [0.5, 0.6) is 0 Å². The molecule has 0 aliphatic carbocycles. The van der Waals surface area contributed by atoms with E-state index < -0.39 is 12.2 Å². The predicted octanol–water partition coefficient (Wildman–Crippen LogP) is 2.69. The third-order valence-corrected chi connectivity index (χ3v) is 1.45. The molecule has 0 aliphatic heterocycles. The van der Waals surface area contributed by atoms with Crippen molar-refractivity contribution in [1.29, 1.82) is 0 Å². The van der Waals surface area contributed by atoms with Crippen LogP contribution in [0.1, 0.15) is 10.4 Å². The molecule has 0 aliphatic rings. The minimum absolute atomic E-state index is 0.402. The zero-order valence-electron chi connectivity index (χ0n) is 6.78. The highest BCUT2D eigenvalue weighted by molar-refractivity contribution is 6.04. The fourth-order valence-electron chi connectivity index (χ4n) is 0.859. The number of ketones is 1. The molecule has 0 N–H and O–H groups in total. The zero-order valence-corrected chi connectivity index (χ0v) is 6.78. The van der Waals surface area contributed by atoms with Crippen molar-refractivity contribution < 1.29 is 13.6 Å². The van der Waals surface area contributed by atoms with E-state index >= 15 is 0 Å². The summed E-state index contributed by atoms with van der Waals surface area (Å²) in [5.41, 5.74) is 0.416. The molecule has 1 aromatic rings. The fourth-order valence-corrected chi connectivity index (χ4v) is 0.859. The molecule has 0 spiro atoms. The lowest BCUT2D eigenvalue weighted by atomic mass is 10.1. The van der Waals surface area contributed by atoms with Crippen LogP contribution in [-0.2, 0) is 0 Å². The van der Waals surface area contributed by atoms with Gasteiger partial charge in [0, 0.05) is 5.56 Å². The Morgan fingerprint density at radius 2 is 1.85 bits per heavy atom. The molecule has 0 unspecified atom stereocenters. The zero-order chi connectivity index (χ0) is 9.68. The Morgan fingerprint density at radius 1 is 1.23 bits per heavy atom. The molecule has 0 amide bonds. The SMILES string of the molecule is O=C(/C=C/C(F)F)c1ccccc1. The Balaban J connectivity index is 2.70. The third kappa shape index (κ3) is 3.15. The molecule has 3 heteroatoms. The van der Waals surface area contributed by atoms with Crippen molar-refractivity contribution in [2.45, 2.75) is 6.43 Å². The number of hydrogen-bond acceptors (Lipinski definition) is 1. The van der Waals surface area contributed by atoms with Crippen molar-refractivity contribution in [3.8, 4) is 0 Å². The summed E-state index contributed by atoms with van der Waals surface area (Å²) in [6, 6.07) is 8.29. The molecule has 0 atom stereocenters. The lowest BCUT2D eigenvalue weighted by molar-refractivity contribution is 0.104. The van der Waals surface area contributed by atoms with Gasteiger partial charge < -0.3 is 0 Å². The second-order valence-corrected chi connectivity index (χ2v) is 2.42. The number of alkyl halides is 2. The lowest BCUT2D eigenvalue weighted by Crippen LogP contribution is -1.94. The van der Waals surface area contributed by atoms with Crippen molar-refractivity contribution >= 4 is 5.78 Å². The standard InChI is InChI=1S/C10H8F2O/c11-10(12)7-6-9(13)8-4-2-1-3-5-8/h1-7,10H/b7-6+. The maximum Gasteiger partial charge on any atom is 0.257 e. The highest BCUT2D eigenvalue weighted by Gasteiger charge is 2.01. The molecule has 1 rings (SSSR count). The molecule has 0 fully saturated rings. The van der Waals surface area contributed by atoms with Crippen LogP contribution < -0.4 is 0 Å². The second kappa shape index (κ2) is 4.50. The Morgan fingerprint density at radius 3 is 2.38 bits per heavy atom. The summed E-state index contributed by atoms with van der Waals surface area (Å²) in [6.07, 6.45) is -1.11. The highest BCUT2D eigenvalue weighted by Crippen LogP contribution is 2.02. The molecule has 1 aromatic carbocycles. The first-order valence-corrected chi connectivity index (χ1v) is 3.76. The smallest absolute Gasteiger partial charge is 0.257 e. The largest absolute Gasteiger partial charge is 0.289 e. The fraction of sp³-hybridized carbons (Fsp3) is 0.100. The molecule has 13 heavy (non-hydrogen) atoms. The molecular formula is C10H8F2O. The Labute approximate surface area is 74.7 Å². The van der Waals surface area contributed by atoms with E-state index in [4.69, 9.17) is 0 Å². The summed E-state index contributed by atoms with van der Waals surface area (Å²) in [7, 11) is 0. The third-order valence-electron chi connectivity index (χ3n) is 1.45. The van der Waals surface area contributed by atoms with Gasteiger partial charge in [-0.15, -0.1) is 0 Å². The van der Waals surface area contributed by atoms with Crippen LogP contribution in [0.3, 0.4) is 0 Å². The topological polar surface area (TPSA) is 17.1 Å². The number of halogens is 2. The van der Waals surface area contributed by atoms with E-state index in [0.29, 0.717) is 11.6 Å². The van der Waals surface area contributed by atoms with Gasteiger partial charge in [0.05, 0.1) is 0 Å². The van der Waals surface area contributed by atoms with Gasteiger partial charge in [0.2, 0.25) is 0 Å². The van der Waals surface area contributed by atoms with Gasteiger partial charge in [-0.25, -0.2) is 8.78 Å². The first-order valence-electron chi connectivity index (χ1n) is 3.76. The molecule has 0 radical (unpaired) electrons. The normalized spacial score (nSPS) is 11.0. The van der Waals surface area contributed by atoms with E-state index in [-0.39, 0.29) is 0 Å². The maximum absolute atomic E-state index is 11.7. The van der Waals surface area contributed by atoms with Crippen molar-refractivity contribution in [2.24, 2.45) is 0 Å². The number of hydrogen-bond donors (Lipinski definition) is 0. The second-order valence-electron chi connectivity index (χ2n) is 2.42. The van der Waals surface area contributed by atoms with E-state index in [2.05, 4.69) is 0 Å². The molecule has 0 bridgehead atoms. The molecule has 0 aromatic heterocycles. The van der Waals surface area contributed by atoms with Crippen molar-refractivity contribution in [1.82, 2.24) is 0 Å². The van der Waals surface area contributed by atoms with Gasteiger partial charge in [-0.1, -0.05) is 30.3 Å². The molecule has 0 saturated carbocycles. The summed E-state index contributed by atoms with van der Waals surface area (Å²) in [6.45, 7) is 0. The van der Waals surface area contributed by atoms with Crippen LogP contribution in [0, 0.1) is 0 Å². The maximum atomic E-state index is 11.7. The van der Waals surface area contributed by atoms with Gasteiger partial charge in [-0.2, -0.15) is 0 Å². The van der Waals surface area contributed by atoms with Gasteiger partial charge in [-0.3, -0.25) is 4.79 Å². The van der Waals surface area contributed by atoms with Gasteiger partial charge in [0.1, 0.15) is 0 Å². The average Bonchev–Trinajstić information content (AvgIpc) is 2.15. The minimum Gasteiger partial charge on any atom is -0.289 e. The van der Waals surface area contributed by atoms with Crippen LogP contribution in [-0.4, -0.2) is 12.2 Å². The van der Waals surface area contributed by atoms with Crippen molar-refractivity contribution in [3.05, 3.63) is 48.0 Å². The summed E-state index contributed by atoms with van der Waals surface area (Å²) in [4.78, 5) is 11.1. The van der Waals surface area contributed by atoms with Gasteiger partial charge in [0.25, 0.3) is 6.43 Å². The van der Waals surface area contributed by atoms with Crippen molar-refractivity contribution in [2.75, 3.05) is 0 Å². The minimum atomic E-state index is -2.58. The average molecular weight is 182 g/mol. The molecule has 0 heterocycles. The van der Waals surface area contributed by atoms with Crippen LogP contribution in [0.25, 0.3) is 0 Å². The van der Waals surface area contributed by atoms with Crippen LogP contribution in [0.2, 0.25) is 0 Å². The Hall–Kier alpha value is -1.51. The van der Waals surface area contributed by atoms with Gasteiger partial charge in [-0.05, 0) is 12.2 Å². The lowest BCUT2D eigenvalue weighted by Gasteiger charge is -1.93. The molecule has 0 saturated heterocycles. The summed E-state index contributed by atoms with van der Waals surface area (Å²) in [5, 5.41) is 0. The van der Waals surface area contributed by atoms with E-state index in [9.17, 15) is 13.6 Å². The number of rotatable bonds is 3. The van der Waals surface area contributed by atoms with Gasteiger partial charge >= 0.3 is 0 Å². The summed E-state index contributed by atoms with van der Waals surface area (Å²) >= 11 is 0. The predicted molar refractivity (Wildman–Crippen MR) is 45.9 cm³/mol.